The molecule has 0 aromatic heterocycles. The Morgan fingerprint density at radius 3 is 2.73 bits per heavy atom. The number of nitrogens with two attached hydrogens (primary N) is 1. The zero-order valence-electron chi connectivity index (χ0n) is 12.3. The molecule has 4 nitrogen and oxygen atoms in total. The van der Waals surface area contributed by atoms with Gasteiger partial charge in [0.2, 0.25) is 0 Å². The zero-order chi connectivity index (χ0) is 16.0. The van der Waals surface area contributed by atoms with Crippen LogP contribution in [-0.2, 0) is 6.42 Å². The fraction of sp³-hybridized carbons (Fsp3) is 0.533. The van der Waals surface area contributed by atoms with Crippen LogP contribution in [0.5, 0.6) is 0 Å². The van der Waals surface area contributed by atoms with Crippen LogP contribution >= 0.6 is 0 Å². The Balaban J connectivity index is 1.71. The molecule has 0 aliphatic carbocycles. The van der Waals surface area contributed by atoms with Gasteiger partial charge >= 0.3 is 6.18 Å². The van der Waals surface area contributed by atoms with E-state index in [1.54, 1.807) is 0 Å². The summed E-state index contributed by atoms with van der Waals surface area (Å²) in [6.07, 6.45) is -2.72. The van der Waals surface area contributed by atoms with Crippen molar-refractivity contribution in [2.45, 2.75) is 25.1 Å². The summed E-state index contributed by atoms with van der Waals surface area (Å²) in [6, 6.07) is 9.86. The highest BCUT2D eigenvalue weighted by molar-refractivity contribution is 5.78. The van der Waals surface area contributed by atoms with Crippen LogP contribution < -0.4 is 11.1 Å². The molecule has 1 aliphatic rings. The molecule has 0 saturated carbocycles. The number of hydrogen-bond donors (Lipinski definition) is 2. The van der Waals surface area contributed by atoms with E-state index >= 15 is 0 Å². The Labute approximate surface area is 128 Å². The smallest absolute Gasteiger partial charge is 0.370 e. The van der Waals surface area contributed by atoms with E-state index in [2.05, 4.69) is 10.3 Å². The number of aliphatic imine (C=N–C) groups is 1. The number of guanidine groups is 1. The van der Waals surface area contributed by atoms with Gasteiger partial charge in [-0.2, -0.15) is 13.2 Å². The second-order valence-corrected chi connectivity index (χ2v) is 5.48. The highest BCUT2D eigenvalue weighted by Gasteiger charge is 2.34. The van der Waals surface area contributed by atoms with Gasteiger partial charge in [-0.3, -0.25) is 9.89 Å². The average molecular weight is 314 g/mol. The Morgan fingerprint density at radius 2 is 2.05 bits per heavy atom. The van der Waals surface area contributed by atoms with Crippen molar-refractivity contribution in [1.29, 1.82) is 0 Å². The molecule has 1 atom stereocenters. The van der Waals surface area contributed by atoms with Gasteiger partial charge < -0.3 is 11.1 Å². The van der Waals surface area contributed by atoms with E-state index in [0.717, 1.165) is 6.42 Å². The minimum atomic E-state index is -4.15. The highest BCUT2D eigenvalue weighted by Crippen LogP contribution is 2.19. The molecule has 7 heteroatoms. The highest BCUT2D eigenvalue weighted by atomic mass is 19.4. The van der Waals surface area contributed by atoms with Gasteiger partial charge in [0.05, 0.1) is 6.54 Å². The predicted molar refractivity (Wildman–Crippen MR) is 80.7 cm³/mol. The number of halogens is 3. The van der Waals surface area contributed by atoms with Crippen molar-refractivity contribution in [2.75, 3.05) is 26.2 Å². The normalized spacial score (nSPS) is 20.3. The van der Waals surface area contributed by atoms with Crippen LogP contribution in [0.25, 0.3) is 0 Å². The van der Waals surface area contributed by atoms with E-state index in [1.807, 2.05) is 30.3 Å². The summed E-state index contributed by atoms with van der Waals surface area (Å²) in [6.45, 7) is 0.459. The lowest BCUT2D eigenvalue weighted by molar-refractivity contribution is -0.143. The standard InChI is InChI=1S/C15H21F3N4/c16-15(17,18)11-22-9-7-13(10-22)21-14(19)20-8-6-12-4-2-1-3-5-12/h1-5,13H,6-11H2,(H3,19,20,21). The second-order valence-electron chi connectivity index (χ2n) is 5.48. The topological polar surface area (TPSA) is 53.6 Å². The molecule has 1 aromatic rings. The van der Waals surface area contributed by atoms with E-state index in [-0.39, 0.29) is 6.04 Å². The summed E-state index contributed by atoms with van der Waals surface area (Å²) < 4.78 is 36.9. The van der Waals surface area contributed by atoms with Crippen LogP contribution in [0.1, 0.15) is 12.0 Å². The molecular formula is C15H21F3N4. The first-order chi connectivity index (χ1) is 10.4. The lowest BCUT2D eigenvalue weighted by Crippen LogP contribution is -2.42. The van der Waals surface area contributed by atoms with Gasteiger partial charge in [-0.1, -0.05) is 30.3 Å². The van der Waals surface area contributed by atoms with Crippen molar-refractivity contribution in [3.05, 3.63) is 35.9 Å². The number of nitrogens with one attached hydrogen (secondary N) is 1. The van der Waals surface area contributed by atoms with Crippen LogP contribution in [0.15, 0.2) is 35.3 Å². The molecule has 122 valence electrons. The van der Waals surface area contributed by atoms with Gasteiger partial charge in [-0.25, -0.2) is 0 Å². The van der Waals surface area contributed by atoms with E-state index in [1.165, 1.54) is 10.5 Å². The Bertz CT molecular complexity index is 487. The zero-order valence-corrected chi connectivity index (χ0v) is 12.3. The fourth-order valence-electron chi connectivity index (χ4n) is 2.55. The molecule has 0 amide bonds. The molecule has 1 unspecified atom stereocenters. The largest absolute Gasteiger partial charge is 0.401 e. The first-order valence-corrected chi connectivity index (χ1v) is 7.32. The molecule has 0 radical (unpaired) electrons. The van der Waals surface area contributed by atoms with E-state index in [4.69, 9.17) is 5.73 Å². The maximum absolute atomic E-state index is 12.3. The lowest BCUT2D eigenvalue weighted by Gasteiger charge is -2.18. The summed E-state index contributed by atoms with van der Waals surface area (Å²) in [7, 11) is 0. The molecular weight excluding hydrogens is 293 g/mol. The Kier molecular flexibility index (Phi) is 5.65. The quantitative estimate of drug-likeness (QED) is 0.643. The predicted octanol–water partition coefficient (Wildman–Crippen LogP) is 1.77. The minimum absolute atomic E-state index is 0.0668. The minimum Gasteiger partial charge on any atom is -0.370 e. The van der Waals surface area contributed by atoms with Crippen LogP contribution in [0.2, 0.25) is 0 Å². The summed E-state index contributed by atoms with van der Waals surface area (Å²) in [5.74, 6) is 0.301. The van der Waals surface area contributed by atoms with E-state index < -0.39 is 12.7 Å². The summed E-state index contributed by atoms with van der Waals surface area (Å²) in [5.41, 5.74) is 6.97. The van der Waals surface area contributed by atoms with Crippen LogP contribution in [0.4, 0.5) is 13.2 Å². The molecule has 3 N–H and O–H groups in total. The average Bonchev–Trinajstić information content (AvgIpc) is 2.84. The molecule has 1 heterocycles. The molecule has 0 spiro atoms. The first-order valence-electron chi connectivity index (χ1n) is 7.32. The molecule has 22 heavy (non-hydrogen) atoms. The number of benzene rings is 1. The summed E-state index contributed by atoms with van der Waals surface area (Å²) in [5, 5.41) is 3.00. The number of hydrogen-bond acceptors (Lipinski definition) is 2. The maximum Gasteiger partial charge on any atom is 0.401 e. The Hall–Kier alpha value is -1.76. The van der Waals surface area contributed by atoms with Gasteiger partial charge in [-0.15, -0.1) is 0 Å². The molecule has 2 rings (SSSR count). The first kappa shape index (κ1) is 16.6. The third-order valence-electron chi connectivity index (χ3n) is 3.55. The number of likely N-dealkylation sites (tertiary alicyclic amines) is 1. The van der Waals surface area contributed by atoms with E-state index in [9.17, 15) is 13.2 Å². The monoisotopic (exact) mass is 314 g/mol. The van der Waals surface area contributed by atoms with Crippen LogP contribution in [0.3, 0.4) is 0 Å². The van der Waals surface area contributed by atoms with Gasteiger partial charge in [0.1, 0.15) is 0 Å². The van der Waals surface area contributed by atoms with Gasteiger partial charge in [0.15, 0.2) is 5.96 Å². The third kappa shape index (κ3) is 5.93. The van der Waals surface area contributed by atoms with Crippen LogP contribution in [0, 0.1) is 0 Å². The summed E-state index contributed by atoms with van der Waals surface area (Å²) >= 11 is 0. The second kappa shape index (κ2) is 7.49. The van der Waals surface area contributed by atoms with Crippen LogP contribution in [-0.4, -0.2) is 49.3 Å². The molecule has 1 aromatic carbocycles. The maximum atomic E-state index is 12.3. The fourth-order valence-corrected chi connectivity index (χ4v) is 2.55. The van der Waals surface area contributed by atoms with Gasteiger partial charge in [0.25, 0.3) is 0 Å². The van der Waals surface area contributed by atoms with Crippen molar-refractivity contribution in [2.24, 2.45) is 10.7 Å². The number of rotatable bonds is 5. The van der Waals surface area contributed by atoms with E-state index in [0.29, 0.717) is 32.0 Å². The molecule has 1 fully saturated rings. The molecule has 1 aliphatic heterocycles. The van der Waals surface area contributed by atoms with Crippen molar-refractivity contribution in [3.8, 4) is 0 Å². The number of nitrogens with zero attached hydrogens (tertiary/aromatic N) is 2. The molecule has 0 bridgehead atoms. The van der Waals surface area contributed by atoms with Gasteiger partial charge in [-0.05, 0) is 18.4 Å². The van der Waals surface area contributed by atoms with Crippen molar-refractivity contribution >= 4 is 5.96 Å². The van der Waals surface area contributed by atoms with Gasteiger partial charge in [0, 0.05) is 25.7 Å². The van der Waals surface area contributed by atoms with Crippen molar-refractivity contribution < 1.29 is 13.2 Å². The molecule has 1 saturated heterocycles. The van der Waals surface area contributed by atoms with Crippen molar-refractivity contribution in [1.82, 2.24) is 10.2 Å². The third-order valence-corrected chi connectivity index (χ3v) is 3.55. The summed E-state index contributed by atoms with van der Waals surface area (Å²) in [4.78, 5) is 5.61. The SMILES string of the molecule is NC(=NCCc1ccccc1)NC1CCN(CC(F)(F)F)C1. The lowest BCUT2D eigenvalue weighted by atomic mass is 10.2. The van der Waals surface area contributed by atoms with Crippen molar-refractivity contribution in [3.63, 3.8) is 0 Å². The Morgan fingerprint density at radius 1 is 1.32 bits per heavy atom. The number of alkyl halides is 3.